The molecule has 0 amide bonds. The summed E-state index contributed by atoms with van der Waals surface area (Å²) in [5.74, 6) is 3.72. The quantitative estimate of drug-likeness (QED) is 0.778. The Balaban J connectivity index is 1.59. The molecular weight excluding hydrogens is 268 g/mol. The summed E-state index contributed by atoms with van der Waals surface area (Å²) in [6.07, 6.45) is 5.81. The van der Waals surface area contributed by atoms with Crippen molar-refractivity contribution in [2.75, 3.05) is 18.0 Å². The average molecular weight is 287 g/mol. The van der Waals surface area contributed by atoms with Gasteiger partial charge in [0.05, 0.1) is 10.6 Å². The van der Waals surface area contributed by atoms with Crippen LogP contribution in [0.4, 0.5) is 5.69 Å². The third-order valence-corrected chi connectivity index (χ3v) is 6.19. The number of anilines is 1. The van der Waals surface area contributed by atoms with Crippen LogP contribution in [0.15, 0.2) is 18.2 Å². The maximum Gasteiger partial charge on any atom is 0.101 e. The molecule has 1 aliphatic heterocycles. The SMILES string of the molecule is N#Cc1ccc(N2CC3C4CCC(CC4)C3C2)cc1Cl. The number of fused-ring (bicyclic) bond motifs is 2. The number of hydrogen-bond donors (Lipinski definition) is 0. The zero-order valence-corrected chi connectivity index (χ0v) is 12.3. The molecule has 3 aliphatic carbocycles. The van der Waals surface area contributed by atoms with E-state index >= 15 is 0 Å². The van der Waals surface area contributed by atoms with Crippen molar-refractivity contribution in [3.05, 3.63) is 28.8 Å². The minimum Gasteiger partial charge on any atom is -0.371 e. The van der Waals surface area contributed by atoms with Crippen LogP contribution >= 0.6 is 11.6 Å². The van der Waals surface area contributed by atoms with Gasteiger partial charge >= 0.3 is 0 Å². The number of rotatable bonds is 1. The predicted octanol–water partition coefficient (Wildman–Crippen LogP) is 4.08. The standard InChI is InChI=1S/C17H19ClN2/c18-17-7-14(6-5-13(17)8-19)20-9-15-11-1-2-12(4-3-11)16(15)10-20/h5-7,11-12,15-16H,1-4,9-10H2. The van der Waals surface area contributed by atoms with E-state index in [1.54, 1.807) is 0 Å². The molecule has 4 aliphatic rings. The van der Waals surface area contributed by atoms with E-state index in [-0.39, 0.29) is 0 Å². The van der Waals surface area contributed by atoms with Crippen LogP contribution in [0.25, 0.3) is 0 Å². The van der Waals surface area contributed by atoms with Crippen molar-refractivity contribution in [3.8, 4) is 6.07 Å². The zero-order chi connectivity index (χ0) is 13.7. The molecule has 104 valence electrons. The van der Waals surface area contributed by atoms with E-state index < -0.39 is 0 Å². The monoisotopic (exact) mass is 286 g/mol. The molecule has 0 aromatic heterocycles. The topological polar surface area (TPSA) is 27.0 Å². The molecule has 5 rings (SSSR count). The van der Waals surface area contributed by atoms with Crippen LogP contribution in [0.1, 0.15) is 31.2 Å². The fourth-order valence-electron chi connectivity index (χ4n) is 4.86. The lowest BCUT2D eigenvalue weighted by Gasteiger charge is -2.44. The Hall–Kier alpha value is -1.20. The highest BCUT2D eigenvalue weighted by Crippen LogP contribution is 2.52. The lowest BCUT2D eigenvalue weighted by molar-refractivity contribution is 0.0577. The Morgan fingerprint density at radius 1 is 1.05 bits per heavy atom. The van der Waals surface area contributed by atoms with Crippen molar-refractivity contribution in [2.45, 2.75) is 25.7 Å². The van der Waals surface area contributed by atoms with Gasteiger partial charge in [0.25, 0.3) is 0 Å². The summed E-state index contributed by atoms with van der Waals surface area (Å²) in [5.41, 5.74) is 1.77. The molecule has 3 heteroatoms. The van der Waals surface area contributed by atoms with Crippen LogP contribution in [0.5, 0.6) is 0 Å². The van der Waals surface area contributed by atoms with Crippen molar-refractivity contribution >= 4 is 17.3 Å². The van der Waals surface area contributed by atoms with Crippen molar-refractivity contribution in [1.29, 1.82) is 5.26 Å². The van der Waals surface area contributed by atoms with Gasteiger partial charge in [-0.2, -0.15) is 5.26 Å². The Bertz CT molecular complexity index is 549. The maximum absolute atomic E-state index is 8.97. The molecule has 3 saturated carbocycles. The molecule has 0 radical (unpaired) electrons. The molecule has 2 unspecified atom stereocenters. The Morgan fingerprint density at radius 3 is 2.15 bits per heavy atom. The smallest absolute Gasteiger partial charge is 0.101 e. The van der Waals surface area contributed by atoms with Gasteiger partial charge in [-0.25, -0.2) is 0 Å². The van der Waals surface area contributed by atoms with Crippen LogP contribution in [0.2, 0.25) is 5.02 Å². The van der Waals surface area contributed by atoms with Crippen molar-refractivity contribution in [3.63, 3.8) is 0 Å². The van der Waals surface area contributed by atoms with Crippen molar-refractivity contribution in [2.24, 2.45) is 23.7 Å². The molecule has 1 heterocycles. The van der Waals surface area contributed by atoms with Crippen molar-refractivity contribution < 1.29 is 0 Å². The predicted molar refractivity (Wildman–Crippen MR) is 80.8 cm³/mol. The minimum absolute atomic E-state index is 0.576. The second-order valence-electron chi connectivity index (χ2n) is 6.68. The molecule has 0 N–H and O–H groups in total. The molecule has 2 nitrogen and oxygen atoms in total. The summed E-state index contributed by atoms with van der Waals surface area (Å²) in [4.78, 5) is 2.50. The highest BCUT2D eigenvalue weighted by Gasteiger charge is 2.48. The lowest BCUT2D eigenvalue weighted by atomic mass is 9.60. The van der Waals surface area contributed by atoms with Crippen LogP contribution in [-0.4, -0.2) is 13.1 Å². The van der Waals surface area contributed by atoms with Gasteiger partial charge in [0.2, 0.25) is 0 Å². The summed E-state index contributed by atoms with van der Waals surface area (Å²) in [7, 11) is 0. The number of hydrogen-bond acceptors (Lipinski definition) is 2. The average Bonchev–Trinajstić information content (AvgIpc) is 2.95. The van der Waals surface area contributed by atoms with Crippen molar-refractivity contribution in [1.82, 2.24) is 0 Å². The molecular formula is C17H19ClN2. The number of nitriles is 1. The van der Waals surface area contributed by atoms with E-state index in [0.717, 1.165) is 23.7 Å². The molecule has 0 spiro atoms. The largest absolute Gasteiger partial charge is 0.371 e. The highest BCUT2D eigenvalue weighted by atomic mass is 35.5. The normalized spacial score (nSPS) is 34.9. The number of benzene rings is 1. The second kappa shape index (κ2) is 4.67. The zero-order valence-electron chi connectivity index (χ0n) is 11.6. The summed E-state index contributed by atoms with van der Waals surface area (Å²) in [6.45, 7) is 2.38. The Kier molecular flexibility index (Phi) is 2.93. The Morgan fingerprint density at radius 2 is 1.65 bits per heavy atom. The van der Waals surface area contributed by atoms with E-state index in [0.29, 0.717) is 10.6 Å². The molecule has 2 bridgehead atoms. The van der Waals surface area contributed by atoms with Crippen LogP contribution < -0.4 is 4.90 Å². The number of nitrogens with zero attached hydrogens (tertiary/aromatic N) is 2. The van der Waals surface area contributed by atoms with Gasteiger partial charge < -0.3 is 4.90 Å². The van der Waals surface area contributed by atoms with Gasteiger partial charge in [0.15, 0.2) is 0 Å². The minimum atomic E-state index is 0.576. The molecule has 4 fully saturated rings. The van der Waals surface area contributed by atoms with Gasteiger partial charge in [-0.1, -0.05) is 11.6 Å². The maximum atomic E-state index is 8.97. The third-order valence-electron chi connectivity index (χ3n) is 5.88. The van der Waals surface area contributed by atoms with Crippen LogP contribution in [0.3, 0.4) is 0 Å². The first-order valence-corrected chi connectivity index (χ1v) is 8.08. The molecule has 20 heavy (non-hydrogen) atoms. The van der Waals surface area contributed by atoms with Gasteiger partial charge in [-0.15, -0.1) is 0 Å². The van der Waals surface area contributed by atoms with Gasteiger partial charge in [-0.05, 0) is 67.6 Å². The lowest BCUT2D eigenvalue weighted by Crippen LogP contribution is -2.38. The summed E-state index contributed by atoms with van der Waals surface area (Å²) >= 11 is 6.18. The van der Waals surface area contributed by atoms with Gasteiger partial charge in [0, 0.05) is 18.8 Å². The molecule has 1 saturated heterocycles. The van der Waals surface area contributed by atoms with Crippen LogP contribution in [0, 0.1) is 35.0 Å². The summed E-state index contributed by atoms with van der Waals surface area (Å²) in [6, 6.07) is 8.02. The first kappa shape index (κ1) is 12.5. The van der Waals surface area contributed by atoms with E-state index in [4.69, 9.17) is 16.9 Å². The van der Waals surface area contributed by atoms with Gasteiger partial charge in [0.1, 0.15) is 6.07 Å². The first-order chi connectivity index (χ1) is 9.76. The van der Waals surface area contributed by atoms with Crippen LogP contribution in [-0.2, 0) is 0 Å². The number of halogens is 1. The molecule has 1 aromatic carbocycles. The van der Waals surface area contributed by atoms with E-state index in [9.17, 15) is 0 Å². The molecule has 2 atom stereocenters. The second-order valence-corrected chi connectivity index (χ2v) is 7.09. The van der Waals surface area contributed by atoms with E-state index in [2.05, 4.69) is 17.0 Å². The highest BCUT2D eigenvalue weighted by molar-refractivity contribution is 6.32. The van der Waals surface area contributed by atoms with E-state index in [1.165, 1.54) is 44.5 Å². The third kappa shape index (κ3) is 1.84. The fraction of sp³-hybridized carbons (Fsp3) is 0.588. The van der Waals surface area contributed by atoms with Gasteiger partial charge in [-0.3, -0.25) is 0 Å². The van der Waals surface area contributed by atoms with E-state index in [1.807, 2.05) is 12.1 Å². The summed E-state index contributed by atoms with van der Waals surface area (Å²) in [5, 5.41) is 9.56. The summed E-state index contributed by atoms with van der Waals surface area (Å²) < 4.78 is 0. The Labute approximate surface area is 125 Å². The fourth-order valence-corrected chi connectivity index (χ4v) is 5.07. The molecule has 1 aromatic rings. The first-order valence-electron chi connectivity index (χ1n) is 7.71.